The Balaban J connectivity index is 1.65. The molecule has 0 aliphatic heterocycles. The number of carbonyl (C=O) groups excluding carboxylic acids is 1. The molecule has 3 rings (SSSR count). The molecule has 0 saturated heterocycles. The number of ether oxygens (including phenoxy) is 3. The molecule has 0 bridgehead atoms. The first kappa shape index (κ1) is 21.5. The van der Waals surface area contributed by atoms with E-state index in [2.05, 4.69) is 5.32 Å². The minimum atomic E-state index is -0.504. The molecule has 3 aromatic carbocycles. The van der Waals surface area contributed by atoms with Gasteiger partial charge in [-0.05, 0) is 53.6 Å². The van der Waals surface area contributed by atoms with Crippen molar-refractivity contribution < 1.29 is 19.0 Å². The highest BCUT2D eigenvalue weighted by Crippen LogP contribution is 2.28. The van der Waals surface area contributed by atoms with Gasteiger partial charge in [-0.15, -0.1) is 0 Å². The van der Waals surface area contributed by atoms with Crippen molar-refractivity contribution in [3.63, 3.8) is 0 Å². The number of nitrogens with zero attached hydrogens (tertiary/aromatic N) is 1. The lowest BCUT2D eigenvalue weighted by molar-refractivity contribution is -0.112. The zero-order chi connectivity index (χ0) is 22.1. The van der Waals surface area contributed by atoms with E-state index in [1.165, 1.54) is 13.2 Å². The van der Waals surface area contributed by atoms with Crippen molar-refractivity contribution in [3.8, 4) is 23.3 Å². The number of methoxy groups -OCH3 is 2. The van der Waals surface area contributed by atoms with Gasteiger partial charge in [-0.2, -0.15) is 5.26 Å². The average molecular weight is 414 g/mol. The summed E-state index contributed by atoms with van der Waals surface area (Å²) in [4.78, 5) is 12.5. The minimum Gasteiger partial charge on any atom is -0.493 e. The van der Waals surface area contributed by atoms with Crippen molar-refractivity contribution >= 4 is 17.7 Å². The van der Waals surface area contributed by atoms with Crippen LogP contribution in [0.25, 0.3) is 6.08 Å². The van der Waals surface area contributed by atoms with E-state index in [1.54, 1.807) is 49.6 Å². The summed E-state index contributed by atoms with van der Waals surface area (Å²) in [5.41, 5.74) is 2.25. The molecule has 6 heteroatoms. The fraction of sp³-hybridized carbons (Fsp3) is 0.120. The number of anilines is 1. The van der Waals surface area contributed by atoms with Crippen LogP contribution >= 0.6 is 0 Å². The molecule has 0 aliphatic rings. The standard InChI is InChI=1S/C25H22N2O4/c1-29-23-13-8-19(15-24(23)30-2)14-20(16-26)25(28)27-21-9-11-22(12-10-21)31-17-18-6-4-3-5-7-18/h3-15H,17H2,1-2H3,(H,27,28)/b20-14+. The van der Waals surface area contributed by atoms with Crippen LogP contribution in [-0.2, 0) is 11.4 Å². The summed E-state index contributed by atoms with van der Waals surface area (Å²) in [6.07, 6.45) is 1.49. The number of rotatable bonds is 8. The van der Waals surface area contributed by atoms with Gasteiger partial charge < -0.3 is 19.5 Å². The van der Waals surface area contributed by atoms with E-state index in [0.717, 1.165) is 5.56 Å². The lowest BCUT2D eigenvalue weighted by Gasteiger charge is -2.09. The van der Waals surface area contributed by atoms with Crippen LogP contribution < -0.4 is 19.5 Å². The minimum absolute atomic E-state index is 0.0309. The lowest BCUT2D eigenvalue weighted by Crippen LogP contribution is -2.13. The van der Waals surface area contributed by atoms with E-state index in [0.29, 0.717) is 35.1 Å². The Hall–Kier alpha value is -4.24. The second kappa shape index (κ2) is 10.5. The van der Waals surface area contributed by atoms with Crippen LogP contribution in [0.15, 0.2) is 78.4 Å². The summed E-state index contributed by atoms with van der Waals surface area (Å²) in [6.45, 7) is 0.458. The molecule has 0 spiro atoms. The topological polar surface area (TPSA) is 80.6 Å². The second-order valence-corrected chi connectivity index (χ2v) is 6.54. The first-order valence-corrected chi connectivity index (χ1v) is 9.55. The van der Waals surface area contributed by atoms with Crippen molar-refractivity contribution in [2.75, 3.05) is 19.5 Å². The van der Waals surface area contributed by atoms with Gasteiger partial charge >= 0.3 is 0 Å². The van der Waals surface area contributed by atoms with Gasteiger partial charge in [0.05, 0.1) is 14.2 Å². The number of amides is 1. The lowest BCUT2D eigenvalue weighted by atomic mass is 10.1. The van der Waals surface area contributed by atoms with Crippen molar-refractivity contribution in [2.45, 2.75) is 6.61 Å². The Kier molecular flexibility index (Phi) is 7.28. The molecule has 0 heterocycles. The van der Waals surface area contributed by atoms with E-state index in [9.17, 15) is 10.1 Å². The van der Waals surface area contributed by atoms with Crippen LogP contribution in [0.3, 0.4) is 0 Å². The molecule has 1 N–H and O–H groups in total. The number of hydrogen-bond donors (Lipinski definition) is 1. The number of nitriles is 1. The summed E-state index contributed by atoms with van der Waals surface area (Å²) in [5.74, 6) is 1.26. The van der Waals surface area contributed by atoms with E-state index in [-0.39, 0.29) is 5.57 Å². The summed E-state index contributed by atoms with van der Waals surface area (Å²) in [7, 11) is 3.07. The highest BCUT2D eigenvalue weighted by molar-refractivity contribution is 6.09. The van der Waals surface area contributed by atoms with E-state index in [1.807, 2.05) is 36.4 Å². The van der Waals surface area contributed by atoms with Crippen LogP contribution in [0.4, 0.5) is 5.69 Å². The SMILES string of the molecule is COc1ccc(/C=C(\C#N)C(=O)Nc2ccc(OCc3ccccc3)cc2)cc1OC. The monoisotopic (exact) mass is 414 g/mol. The molecule has 0 atom stereocenters. The summed E-state index contributed by atoms with van der Waals surface area (Å²) < 4.78 is 16.2. The predicted molar refractivity (Wildman–Crippen MR) is 119 cm³/mol. The third-order valence-electron chi connectivity index (χ3n) is 4.44. The molecule has 0 radical (unpaired) electrons. The Morgan fingerprint density at radius 1 is 0.968 bits per heavy atom. The van der Waals surface area contributed by atoms with Crippen molar-refractivity contribution in [1.82, 2.24) is 0 Å². The third-order valence-corrected chi connectivity index (χ3v) is 4.44. The van der Waals surface area contributed by atoms with Gasteiger partial charge in [-0.3, -0.25) is 4.79 Å². The van der Waals surface area contributed by atoms with Gasteiger partial charge in [0.15, 0.2) is 11.5 Å². The normalized spacial score (nSPS) is 10.7. The van der Waals surface area contributed by atoms with Gasteiger partial charge in [0.1, 0.15) is 24.0 Å². The predicted octanol–water partition coefficient (Wildman–Crippen LogP) is 4.83. The maximum Gasteiger partial charge on any atom is 0.266 e. The Morgan fingerprint density at radius 3 is 2.32 bits per heavy atom. The first-order valence-electron chi connectivity index (χ1n) is 9.55. The molecule has 156 valence electrons. The van der Waals surface area contributed by atoms with Gasteiger partial charge in [0.2, 0.25) is 0 Å². The molecule has 31 heavy (non-hydrogen) atoms. The number of nitrogens with one attached hydrogen (secondary N) is 1. The maximum absolute atomic E-state index is 12.5. The van der Waals surface area contributed by atoms with Crippen LogP contribution in [-0.4, -0.2) is 20.1 Å². The number of hydrogen-bond acceptors (Lipinski definition) is 5. The number of benzene rings is 3. The summed E-state index contributed by atoms with van der Waals surface area (Å²) >= 11 is 0. The van der Waals surface area contributed by atoms with Crippen LogP contribution in [0.2, 0.25) is 0 Å². The quantitative estimate of drug-likeness (QED) is 0.422. The summed E-state index contributed by atoms with van der Waals surface area (Å²) in [6, 6.07) is 23.9. The van der Waals surface area contributed by atoms with Crippen LogP contribution in [0.1, 0.15) is 11.1 Å². The Bertz CT molecular complexity index is 1100. The molecule has 3 aromatic rings. The fourth-order valence-electron chi connectivity index (χ4n) is 2.83. The first-order chi connectivity index (χ1) is 15.1. The van der Waals surface area contributed by atoms with Gasteiger partial charge in [-0.25, -0.2) is 0 Å². The van der Waals surface area contributed by atoms with Crippen LogP contribution in [0.5, 0.6) is 17.2 Å². The van der Waals surface area contributed by atoms with Crippen LogP contribution in [0, 0.1) is 11.3 Å². The van der Waals surface area contributed by atoms with E-state index >= 15 is 0 Å². The molecule has 0 saturated carbocycles. The Morgan fingerprint density at radius 2 is 1.68 bits per heavy atom. The molecule has 0 aromatic heterocycles. The van der Waals surface area contributed by atoms with Crippen molar-refractivity contribution in [2.24, 2.45) is 0 Å². The second-order valence-electron chi connectivity index (χ2n) is 6.54. The van der Waals surface area contributed by atoms with E-state index < -0.39 is 5.91 Å². The Labute approximate surface area is 181 Å². The van der Waals surface area contributed by atoms with Crippen molar-refractivity contribution in [3.05, 3.63) is 89.5 Å². The zero-order valence-corrected chi connectivity index (χ0v) is 17.3. The third kappa shape index (κ3) is 5.87. The molecule has 0 unspecified atom stereocenters. The average Bonchev–Trinajstić information content (AvgIpc) is 2.82. The fourth-order valence-corrected chi connectivity index (χ4v) is 2.83. The largest absolute Gasteiger partial charge is 0.493 e. The van der Waals surface area contributed by atoms with Gasteiger partial charge in [-0.1, -0.05) is 36.4 Å². The van der Waals surface area contributed by atoms with E-state index in [4.69, 9.17) is 14.2 Å². The molecular weight excluding hydrogens is 392 g/mol. The molecular formula is C25H22N2O4. The molecule has 0 aliphatic carbocycles. The smallest absolute Gasteiger partial charge is 0.266 e. The van der Waals surface area contributed by atoms with Gasteiger partial charge in [0.25, 0.3) is 5.91 Å². The van der Waals surface area contributed by atoms with Crippen molar-refractivity contribution in [1.29, 1.82) is 5.26 Å². The molecule has 1 amide bonds. The molecule has 0 fully saturated rings. The highest BCUT2D eigenvalue weighted by Gasteiger charge is 2.11. The molecule has 6 nitrogen and oxygen atoms in total. The zero-order valence-electron chi connectivity index (χ0n) is 17.3. The summed E-state index contributed by atoms with van der Waals surface area (Å²) in [5, 5.41) is 12.2. The maximum atomic E-state index is 12.5. The highest BCUT2D eigenvalue weighted by atomic mass is 16.5. The number of carbonyl (C=O) groups is 1. The van der Waals surface area contributed by atoms with Gasteiger partial charge in [0, 0.05) is 5.69 Å².